The number of amides is 2. The largest absolute Gasteiger partial charge is 0.497 e. The number of carbonyl (C=O) groups excluding carboxylic acids is 2. The molecule has 0 saturated carbocycles. The van der Waals surface area contributed by atoms with E-state index < -0.39 is 11.8 Å². The van der Waals surface area contributed by atoms with Crippen molar-refractivity contribution in [2.75, 3.05) is 13.7 Å². The normalized spacial score (nSPS) is 12.8. The van der Waals surface area contributed by atoms with Gasteiger partial charge in [-0.05, 0) is 48.5 Å². The van der Waals surface area contributed by atoms with Crippen LogP contribution in [0.5, 0.6) is 5.75 Å². The van der Waals surface area contributed by atoms with Gasteiger partial charge in [-0.15, -0.1) is 0 Å². The Morgan fingerprint density at radius 3 is 2.43 bits per heavy atom. The van der Waals surface area contributed by atoms with Gasteiger partial charge in [0.25, 0.3) is 17.4 Å². The monoisotopic (exact) mass is 492 g/mol. The van der Waals surface area contributed by atoms with Crippen LogP contribution >= 0.6 is 0 Å². The highest BCUT2D eigenvalue weighted by Crippen LogP contribution is 2.32. The minimum atomic E-state index is -0.437. The summed E-state index contributed by atoms with van der Waals surface area (Å²) in [5, 5.41) is 0.471. The van der Waals surface area contributed by atoms with Gasteiger partial charge in [0.1, 0.15) is 17.8 Å². The third-order valence-corrected chi connectivity index (χ3v) is 6.40. The Morgan fingerprint density at radius 2 is 1.68 bits per heavy atom. The van der Waals surface area contributed by atoms with Gasteiger partial charge >= 0.3 is 0 Å². The molecule has 0 N–H and O–H groups in total. The average Bonchev–Trinajstić information content (AvgIpc) is 3.55. The summed E-state index contributed by atoms with van der Waals surface area (Å²) in [6.07, 6.45) is 3.07. The number of nitrogens with zero attached hydrogens (tertiary/aromatic N) is 4. The molecule has 0 aliphatic carbocycles. The lowest BCUT2D eigenvalue weighted by Gasteiger charge is -2.17. The van der Waals surface area contributed by atoms with Gasteiger partial charge in [0, 0.05) is 13.0 Å². The van der Waals surface area contributed by atoms with Crippen molar-refractivity contribution in [3.8, 4) is 22.9 Å². The maximum Gasteiger partial charge on any atom is 0.265 e. The first-order valence-corrected chi connectivity index (χ1v) is 11.6. The fraction of sp³-hybridized carbons (Fsp3) is 0.107. The quantitative estimate of drug-likeness (QED) is 0.331. The van der Waals surface area contributed by atoms with Crippen LogP contribution in [0.1, 0.15) is 26.5 Å². The van der Waals surface area contributed by atoms with E-state index in [1.54, 1.807) is 67.8 Å². The summed E-state index contributed by atoms with van der Waals surface area (Å²) in [4.78, 5) is 50.1. The van der Waals surface area contributed by atoms with E-state index in [2.05, 4.69) is 4.98 Å². The molecule has 3 aromatic carbocycles. The molecule has 0 unspecified atom stereocenters. The van der Waals surface area contributed by atoms with Gasteiger partial charge in [0.2, 0.25) is 5.89 Å². The van der Waals surface area contributed by atoms with Crippen LogP contribution in [0.15, 0.2) is 88.4 Å². The molecule has 182 valence electrons. The van der Waals surface area contributed by atoms with Crippen molar-refractivity contribution in [3.05, 3.63) is 106 Å². The summed E-state index contributed by atoms with van der Waals surface area (Å²) in [6, 6.07) is 19.2. The van der Waals surface area contributed by atoms with Crippen LogP contribution in [0.25, 0.3) is 28.0 Å². The number of rotatable bonds is 6. The summed E-state index contributed by atoms with van der Waals surface area (Å²) in [5.41, 5.74) is 1.92. The zero-order valence-corrected chi connectivity index (χ0v) is 19.7. The second-order valence-electron chi connectivity index (χ2n) is 8.46. The zero-order valence-electron chi connectivity index (χ0n) is 19.7. The van der Waals surface area contributed by atoms with Crippen LogP contribution in [-0.2, 0) is 6.42 Å². The van der Waals surface area contributed by atoms with E-state index in [0.29, 0.717) is 39.3 Å². The standard InChI is InChI=1S/C28H20N4O5/c1-36-18-11-9-17(10-12-18)32-23(30-22-8-3-2-5-19(22)27(32)34)13-15-31-26(33)21-7-4-6-20(24(21)28(31)35)25-29-14-16-37-25/h2-12,14,16H,13,15H2,1H3. The fourth-order valence-corrected chi connectivity index (χ4v) is 4.63. The Bertz CT molecular complexity index is 1720. The molecular formula is C28H20N4O5. The van der Waals surface area contributed by atoms with Gasteiger partial charge in [0.05, 0.1) is 46.6 Å². The lowest BCUT2D eigenvalue weighted by Crippen LogP contribution is -2.33. The van der Waals surface area contributed by atoms with E-state index in [-0.39, 0.29) is 30.0 Å². The van der Waals surface area contributed by atoms with Gasteiger partial charge in [-0.25, -0.2) is 9.97 Å². The molecule has 0 radical (unpaired) electrons. The molecular weight excluding hydrogens is 472 g/mol. The molecule has 0 spiro atoms. The van der Waals surface area contributed by atoms with Gasteiger partial charge < -0.3 is 9.15 Å². The van der Waals surface area contributed by atoms with Gasteiger partial charge in [-0.1, -0.05) is 18.2 Å². The van der Waals surface area contributed by atoms with E-state index in [9.17, 15) is 14.4 Å². The zero-order chi connectivity index (χ0) is 25.5. The Kier molecular flexibility index (Phi) is 5.37. The highest BCUT2D eigenvalue weighted by atomic mass is 16.5. The number of para-hydroxylation sites is 1. The molecule has 1 aliphatic heterocycles. The molecule has 2 aromatic heterocycles. The van der Waals surface area contributed by atoms with E-state index in [1.165, 1.54) is 21.9 Å². The van der Waals surface area contributed by atoms with Crippen molar-refractivity contribution in [2.45, 2.75) is 6.42 Å². The Hall–Kier alpha value is -5.05. The summed E-state index contributed by atoms with van der Waals surface area (Å²) in [6.45, 7) is 0.0400. The molecule has 6 rings (SSSR count). The third kappa shape index (κ3) is 3.68. The average molecular weight is 492 g/mol. The van der Waals surface area contributed by atoms with Crippen molar-refractivity contribution in [1.29, 1.82) is 0 Å². The number of hydrogen-bond donors (Lipinski definition) is 0. The Balaban J connectivity index is 1.38. The molecule has 0 atom stereocenters. The second-order valence-corrected chi connectivity index (χ2v) is 8.46. The van der Waals surface area contributed by atoms with Crippen molar-refractivity contribution in [2.24, 2.45) is 0 Å². The smallest absolute Gasteiger partial charge is 0.265 e. The predicted molar refractivity (Wildman–Crippen MR) is 135 cm³/mol. The van der Waals surface area contributed by atoms with Crippen molar-refractivity contribution >= 4 is 22.7 Å². The van der Waals surface area contributed by atoms with Gasteiger partial charge in [-0.3, -0.25) is 23.9 Å². The minimum absolute atomic E-state index is 0.0400. The van der Waals surface area contributed by atoms with Crippen LogP contribution in [0.3, 0.4) is 0 Å². The summed E-state index contributed by atoms with van der Waals surface area (Å²) in [7, 11) is 1.57. The first-order valence-electron chi connectivity index (χ1n) is 11.6. The predicted octanol–water partition coefficient (Wildman–Crippen LogP) is 3.89. The number of oxazole rings is 1. The molecule has 2 amide bonds. The highest BCUT2D eigenvalue weighted by molar-refractivity contribution is 6.23. The Morgan fingerprint density at radius 1 is 0.892 bits per heavy atom. The maximum atomic E-state index is 13.5. The van der Waals surface area contributed by atoms with Crippen LogP contribution in [-0.4, -0.2) is 44.9 Å². The number of hydrogen-bond acceptors (Lipinski definition) is 7. The Labute approximate surface area is 210 Å². The van der Waals surface area contributed by atoms with Crippen molar-refractivity contribution < 1.29 is 18.7 Å². The number of fused-ring (bicyclic) bond motifs is 2. The highest BCUT2D eigenvalue weighted by Gasteiger charge is 2.38. The second kappa shape index (κ2) is 8.87. The van der Waals surface area contributed by atoms with Crippen molar-refractivity contribution in [1.82, 2.24) is 19.4 Å². The van der Waals surface area contributed by atoms with Crippen LogP contribution in [0.4, 0.5) is 0 Å². The van der Waals surface area contributed by atoms with Crippen LogP contribution in [0.2, 0.25) is 0 Å². The molecule has 0 fully saturated rings. The van der Waals surface area contributed by atoms with E-state index in [1.807, 2.05) is 6.07 Å². The van der Waals surface area contributed by atoms with Crippen LogP contribution in [0, 0.1) is 0 Å². The first kappa shape index (κ1) is 22.4. The lowest BCUT2D eigenvalue weighted by molar-refractivity contribution is 0.0655. The number of ether oxygens (including phenoxy) is 1. The maximum absolute atomic E-state index is 13.5. The third-order valence-electron chi connectivity index (χ3n) is 6.40. The number of methoxy groups -OCH3 is 1. The molecule has 9 nitrogen and oxygen atoms in total. The van der Waals surface area contributed by atoms with E-state index >= 15 is 0 Å². The number of carbonyl (C=O) groups is 2. The summed E-state index contributed by atoms with van der Waals surface area (Å²) in [5.74, 6) is 0.503. The topological polar surface area (TPSA) is 108 Å². The van der Waals surface area contributed by atoms with Gasteiger partial charge in [0.15, 0.2) is 0 Å². The van der Waals surface area contributed by atoms with E-state index in [0.717, 1.165) is 0 Å². The molecule has 1 aliphatic rings. The summed E-state index contributed by atoms with van der Waals surface area (Å²) >= 11 is 0. The molecule has 0 bridgehead atoms. The SMILES string of the molecule is COc1ccc(-n2c(CCN3C(=O)c4cccc(-c5ncco5)c4C3=O)nc3ccccc3c2=O)cc1. The fourth-order valence-electron chi connectivity index (χ4n) is 4.63. The van der Waals surface area contributed by atoms with E-state index in [4.69, 9.17) is 14.1 Å². The summed E-state index contributed by atoms with van der Waals surface area (Å²) < 4.78 is 12.1. The minimum Gasteiger partial charge on any atom is -0.497 e. The van der Waals surface area contributed by atoms with Crippen LogP contribution < -0.4 is 10.3 Å². The number of imide groups is 1. The first-order chi connectivity index (χ1) is 18.1. The number of benzene rings is 3. The molecule has 37 heavy (non-hydrogen) atoms. The van der Waals surface area contributed by atoms with Gasteiger partial charge in [-0.2, -0.15) is 0 Å². The lowest BCUT2D eigenvalue weighted by atomic mass is 10.0. The molecule has 5 aromatic rings. The molecule has 0 saturated heterocycles. The number of aromatic nitrogens is 3. The molecule has 9 heteroatoms. The molecule has 3 heterocycles. The van der Waals surface area contributed by atoms with Crippen molar-refractivity contribution in [3.63, 3.8) is 0 Å².